The van der Waals surface area contributed by atoms with Crippen LogP contribution in [0.3, 0.4) is 0 Å². The van der Waals surface area contributed by atoms with Crippen LogP contribution in [0.5, 0.6) is 5.75 Å². The van der Waals surface area contributed by atoms with E-state index in [1.54, 1.807) is 0 Å². The Morgan fingerprint density at radius 3 is 1.74 bits per heavy atom. The number of hydrogen-bond donors (Lipinski definition) is 2. The molecule has 0 fully saturated rings. The summed E-state index contributed by atoms with van der Waals surface area (Å²) in [6, 6.07) is 7.83. The molecule has 31 heavy (non-hydrogen) atoms. The van der Waals surface area contributed by atoms with Gasteiger partial charge in [0.25, 0.3) is 0 Å². The third-order valence-corrected chi connectivity index (χ3v) is 5.91. The Morgan fingerprint density at radius 2 is 1.26 bits per heavy atom. The normalized spacial score (nSPS) is 11.8. The van der Waals surface area contributed by atoms with Crippen molar-refractivity contribution in [3.63, 3.8) is 0 Å². The third-order valence-electron chi connectivity index (χ3n) is 5.91. The van der Waals surface area contributed by atoms with Gasteiger partial charge in [0.1, 0.15) is 5.75 Å². The van der Waals surface area contributed by atoms with Crippen LogP contribution in [0.4, 0.5) is 0 Å². The number of nitrogens with one attached hydrogen (secondary N) is 1. The summed E-state index contributed by atoms with van der Waals surface area (Å²) in [7, 11) is 1.85. The summed E-state index contributed by atoms with van der Waals surface area (Å²) in [5, 5.41) is 13.0. The molecule has 0 aliphatic carbocycles. The summed E-state index contributed by atoms with van der Waals surface area (Å²) in [5.74, 6) is 0.864. The van der Waals surface area contributed by atoms with Crippen LogP contribution in [-0.4, -0.2) is 25.3 Å². The van der Waals surface area contributed by atoms with Crippen LogP contribution in [0.1, 0.15) is 121 Å². The van der Waals surface area contributed by atoms with Crippen molar-refractivity contribution in [3.8, 4) is 5.75 Å². The Kier molecular flexibility index (Phi) is 21.9. The SMILES string of the molecule is CCCCCCCCCCCCCCCCCCOc1cccc(C(O)CNC)c1.Cl. The molecule has 4 heteroatoms. The quantitative estimate of drug-likeness (QED) is 0.184. The summed E-state index contributed by atoms with van der Waals surface area (Å²) in [4.78, 5) is 0. The van der Waals surface area contributed by atoms with Crippen LogP contribution in [0, 0.1) is 0 Å². The van der Waals surface area contributed by atoms with Gasteiger partial charge in [-0.1, -0.05) is 115 Å². The fourth-order valence-corrected chi connectivity index (χ4v) is 3.96. The summed E-state index contributed by atoms with van der Waals surface area (Å²) in [6.45, 7) is 3.61. The van der Waals surface area contributed by atoms with Crippen molar-refractivity contribution in [2.24, 2.45) is 0 Å². The number of unbranched alkanes of at least 4 members (excludes halogenated alkanes) is 15. The lowest BCUT2D eigenvalue weighted by Gasteiger charge is -2.12. The highest BCUT2D eigenvalue weighted by atomic mass is 35.5. The molecule has 1 atom stereocenters. The maximum Gasteiger partial charge on any atom is 0.119 e. The Labute approximate surface area is 199 Å². The standard InChI is InChI=1S/C27H49NO2.ClH/c1-3-4-5-6-7-8-9-10-11-12-13-14-15-16-17-18-22-30-26-21-19-20-25(23-26)27(29)24-28-2;/h19-21,23,27-29H,3-18,22,24H2,1-2H3;1H. The molecule has 0 heterocycles. The summed E-state index contributed by atoms with van der Waals surface area (Å²) in [5.41, 5.74) is 0.911. The van der Waals surface area contributed by atoms with Gasteiger partial charge in [-0.15, -0.1) is 12.4 Å². The molecule has 0 amide bonds. The van der Waals surface area contributed by atoms with E-state index in [9.17, 15) is 5.11 Å². The molecule has 1 rings (SSSR count). The number of halogens is 1. The first-order valence-electron chi connectivity index (χ1n) is 12.8. The van der Waals surface area contributed by atoms with Gasteiger partial charge in [-0.05, 0) is 31.2 Å². The first kappa shape index (κ1) is 30.2. The maximum absolute atomic E-state index is 10.0. The van der Waals surface area contributed by atoms with Gasteiger partial charge in [0.05, 0.1) is 12.7 Å². The molecule has 0 aromatic heterocycles. The molecule has 0 saturated heterocycles. The molecular formula is C27H50ClNO2. The van der Waals surface area contributed by atoms with Crippen LogP contribution in [-0.2, 0) is 0 Å². The predicted molar refractivity (Wildman–Crippen MR) is 138 cm³/mol. The number of likely N-dealkylation sites (N-methyl/N-ethyl adjacent to an activating group) is 1. The van der Waals surface area contributed by atoms with Crippen molar-refractivity contribution >= 4 is 12.4 Å². The molecule has 3 nitrogen and oxygen atoms in total. The van der Waals surface area contributed by atoms with E-state index in [2.05, 4.69) is 12.2 Å². The van der Waals surface area contributed by atoms with Gasteiger partial charge in [0.15, 0.2) is 0 Å². The van der Waals surface area contributed by atoms with Gasteiger partial charge < -0.3 is 15.2 Å². The van der Waals surface area contributed by atoms with Gasteiger partial charge in [0, 0.05) is 6.54 Å². The van der Waals surface area contributed by atoms with Gasteiger partial charge in [-0.2, -0.15) is 0 Å². The van der Waals surface area contributed by atoms with Crippen molar-refractivity contribution in [3.05, 3.63) is 29.8 Å². The van der Waals surface area contributed by atoms with Crippen molar-refractivity contribution in [1.82, 2.24) is 5.32 Å². The average molecular weight is 456 g/mol. The minimum atomic E-state index is -0.478. The smallest absolute Gasteiger partial charge is 0.119 e. The zero-order valence-corrected chi connectivity index (χ0v) is 21.2. The van der Waals surface area contributed by atoms with E-state index in [4.69, 9.17) is 4.74 Å². The van der Waals surface area contributed by atoms with E-state index >= 15 is 0 Å². The highest BCUT2D eigenvalue weighted by molar-refractivity contribution is 5.85. The Hall–Kier alpha value is -0.770. The molecule has 182 valence electrons. The van der Waals surface area contributed by atoms with E-state index in [-0.39, 0.29) is 12.4 Å². The fraction of sp³-hybridized carbons (Fsp3) is 0.778. The maximum atomic E-state index is 10.0. The largest absolute Gasteiger partial charge is 0.494 e. The zero-order valence-electron chi connectivity index (χ0n) is 20.4. The number of aliphatic hydroxyl groups excluding tert-OH is 1. The fourth-order valence-electron chi connectivity index (χ4n) is 3.96. The molecule has 1 aromatic carbocycles. The van der Waals surface area contributed by atoms with Crippen LogP contribution in [0.2, 0.25) is 0 Å². The molecule has 0 radical (unpaired) electrons. The molecule has 2 N–H and O–H groups in total. The molecule has 0 aliphatic heterocycles. The van der Waals surface area contributed by atoms with Gasteiger partial charge in [-0.3, -0.25) is 0 Å². The number of hydrogen-bond acceptors (Lipinski definition) is 3. The lowest BCUT2D eigenvalue weighted by molar-refractivity contribution is 0.177. The molecule has 0 saturated carbocycles. The van der Waals surface area contributed by atoms with Crippen LogP contribution < -0.4 is 10.1 Å². The molecule has 1 aromatic rings. The van der Waals surface area contributed by atoms with Crippen LogP contribution in [0.15, 0.2) is 24.3 Å². The topological polar surface area (TPSA) is 41.5 Å². The minimum Gasteiger partial charge on any atom is -0.494 e. The molecule has 0 bridgehead atoms. The second-order valence-corrected chi connectivity index (χ2v) is 8.80. The van der Waals surface area contributed by atoms with Gasteiger partial charge in [0.2, 0.25) is 0 Å². The first-order chi connectivity index (χ1) is 14.8. The van der Waals surface area contributed by atoms with Crippen molar-refractivity contribution in [2.45, 2.75) is 116 Å². The number of aliphatic hydroxyl groups is 1. The minimum absolute atomic E-state index is 0. The van der Waals surface area contributed by atoms with Gasteiger partial charge in [-0.25, -0.2) is 0 Å². The number of ether oxygens (including phenoxy) is 1. The van der Waals surface area contributed by atoms with E-state index < -0.39 is 6.10 Å². The Balaban J connectivity index is 0.00000900. The van der Waals surface area contributed by atoms with Crippen LogP contribution in [0.25, 0.3) is 0 Å². The van der Waals surface area contributed by atoms with Crippen LogP contribution >= 0.6 is 12.4 Å². The second-order valence-electron chi connectivity index (χ2n) is 8.80. The van der Waals surface area contributed by atoms with E-state index in [1.807, 2.05) is 31.3 Å². The zero-order chi connectivity index (χ0) is 21.7. The number of rotatable bonds is 21. The first-order valence-corrected chi connectivity index (χ1v) is 12.8. The second kappa shape index (κ2) is 22.4. The molecule has 0 aliphatic rings. The number of benzene rings is 1. The highest BCUT2D eigenvalue weighted by Crippen LogP contribution is 2.19. The average Bonchev–Trinajstić information content (AvgIpc) is 2.76. The monoisotopic (exact) mass is 455 g/mol. The Bertz CT molecular complexity index is 498. The molecular weight excluding hydrogens is 406 g/mol. The lowest BCUT2D eigenvalue weighted by atomic mass is 10.0. The molecule has 1 unspecified atom stereocenters. The summed E-state index contributed by atoms with van der Waals surface area (Å²) >= 11 is 0. The Morgan fingerprint density at radius 1 is 0.774 bits per heavy atom. The lowest BCUT2D eigenvalue weighted by Crippen LogP contribution is -2.16. The molecule has 0 spiro atoms. The highest BCUT2D eigenvalue weighted by Gasteiger charge is 2.07. The van der Waals surface area contributed by atoms with E-state index in [0.29, 0.717) is 6.54 Å². The summed E-state index contributed by atoms with van der Waals surface area (Å²) in [6.07, 6.45) is 21.7. The van der Waals surface area contributed by atoms with Crippen molar-refractivity contribution in [2.75, 3.05) is 20.2 Å². The van der Waals surface area contributed by atoms with E-state index in [1.165, 1.54) is 96.3 Å². The van der Waals surface area contributed by atoms with Crippen molar-refractivity contribution < 1.29 is 9.84 Å². The van der Waals surface area contributed by atoms with Crippen molar-refractivity contribution in [1.29, 1.82) is 0 Å². The van der Waals surface area contributed by atoms with Gasteiger partial charge >= 0.3 is 0 Å². The predicted octanol–water partition coefficient (Wildman–Crippen LogP) is 8.00. The van der Waals surface area contributed by atoms with E-state index in [0.717, 1.165) is 24.3 Å². The third kappa shape index (κ3) is 17.5. The summed E-state index contributed by atoms with van der Waals surface area (Å²) < 4.78 is 5.86.